The zero-order valence-corrected chi connectivity index (χ0v) is 31.6. The van der Waals surface area contributed by atoms with Gasteiger partial charge in [0.05, 0.1) is 0 Å². The van der Waals surface area contributed by atoms with Crippen molar-refractivity contribution in [2.45, 2.75) is 65.2 Å². The molecule has 0 nitrogen and oxygen atoms in total. The van der Waals surface area contributed by atoms with Crippen molar-refractivity contribution in [3.05, 3.63) is 170 Å². The number of hydrogen-bond acceptors (Lipinski definition) is 0. The van der Waals surface area contributed by atoms with Gasteiger partial charge in [0.15, 0.2) is 0 Å². The summed E-state index contributed by atoms with van der Waals surface area (Å²) in [5.74, 6) is 0. The van der Waals surface area contributed by atoms with E-state index in [4.69, 9.17) is 0 Å². The molecule has 0 amide bonds. The van der Waals surface area contributed by atoms with Gasteiger partial charge in [-0.2, -0.15) is 0 Å². The average Bonchev–Trinajstić information content (AvgIpc) is 3.74. The van der Waals surface area contributed by atoms with Gasteiger partial charge in [0.2, 0.25) is 0 Å². The Balaban J connectivity index is 1.49. The van der Waals surface area contributed by atoms with Gasteiger partial charge in [-0.3, -0.25) is 0 Å². The Morgan fingerprint density at radius 1 is 0.562 bits per heavy atom. The van der Waals surface area contributed by atoms with E-state index in [9.17, 15) is 0 Å². The first-order valence-electron chi connectivity index (χ1n) is 17.4. The molecule has 0 bridgehead atoms. The molecule has 0 spiro atoms. The van der Waals surface area contributed by atoms with Crippen LogP contribution in [0.15, 0.2) is 137 Å². The van der Waals surface area contributed by atoms with Crippen molar-refractivity contribution in [2.24, 2.45) is 0 Å². The molecule has 6 aromatic carbocycles. The topological polar surface area (TPSA) is 0 Å². The first-order valence-corrected chi connectivity index (χ1v) is 21.1. The molecule has 48 heavy (non-hydrogen) atoms. The third kappa shape index (κ3) is 5.65. The van der Waals surface area contributed by atoms with Crippen molar-refractivity contribution >= 4 is 28.0 Å². The first kappa shape index (κ1) is 31.3. The van der Waals surface area contributed by atoms with E-state index in [2.05, 4.69) is 175 Å². The molecule has 0 N–H and O–H groups in total. The quantitative estimate of drug-likeness (QED) is 0.172. The van der Waals surface area contributed by atoms with Gasteiger partial charge < -0.3 is 0 Å². The zero-order valence-electron chi connectivity index (χ0n) is 29.1. The van der Waals surface area contributed by atoms with Crippen LogP contribution in [0.2, 0.25) is 0 Å². The second-order valence-electron chi connectivity index (χ2n) is 15.8. The summed E-state index contributed by atoms with van der Waals surface area (Å²) in [5, 5.41) is 5.22. The molecule has 0 unspecified atom stereocenters. The molecule has 2 aliphatic rings. The van der Waals surface area contributed by atoms with Crippen LogP contribution in [0.4, 0.5) is 0 Å². The van der Waals surface area contributed by atoms with Crippen molar-refractivity contribution in [1.82, 2.24) is 0 Å². The Kier molecular flexibility index (Phi) is 7.77. The van der Waals surface area contributed by atoms with Gasteiger partial charge in [-0.15, -0.1) is 0 Å². The molecular formula is C47H44Zr. The van der Waals surface area contributed by atoms with Gasteiger partial charge >= 0.3 is 296 Å². The van der Waals surface area contributed by atoms with Crippen LogP contribution in [0, 0.1) is 0 Å². The van der Waals surface area contributed by atoms with Crippen LogP contribution in [0.5, 0.6) is 0 Å². The molecule has 0 saturated heterocycles. The maximum absolute atomic E-state index is 2.85. The minimum absolute atomic E-state index is 0.0385. The van der Waals surface area contributed by atoms with E-state index in [0.717, 1.165) is 12.8 Å². The Bertz CT molecular complexity index is 2270. The molecule has 8 rings (SSSR count). The van der Waals surface area contributed by atoms with E-state index in [1.807, 2.05) is 0 Å². The maximum atomic E-state index is 2.66. The molecule has 0 fully saturated rings. The average molecular weight is 700 g/mol. The molecule has 236 valence electrons. The van der Waals surface area contributed by atoms with Gasteiger partial charge in [-0.25, -0.2) is 0 Å². The molecule has 0 atom stereocenters. The Morgan fingerprint density at radius 2 is 1.15 bits per heavy atom. The summed E-state index contributed by atoms with van der Waals surface area (Å²) in [6, 6.07) is 44.6. The molecule has 0 heterocycles. The van der Waals surface area contributed by atoms with Crippen LogP contribution in [0.25, 0.3) is 32.7 Å². The van der Waals surface area contributed by atoms with Gasteiger partial charge in [0, 0.05) is 0 Å². The summed E-state index contributed by atoms with van der Waals surface area (Å²) >= 11 is -2.85. The third-order valence-electron chi connectivity index (χ3n) is 10.4. The number of benzene rings is 6. The number of allylic oxidation sites excluding steroid dienone is 4. The van der Waals surface area contributed by atoms with E-state index >= 15 is 0 Å². The van der Waals surface area contributed by atoms with Crippen LogP contribution >= 0.6 is 0 Å². The predicted molar refractivity (Wildman–Crippen MR) is 205 cm³/mol. The van der Waals surface area contributed by atoms with E-state index in [1.165, 1.54) is 60.5 Å². The van der Waals surface area contributed by atoms with Crippen molar-refractivity contribution in [1.29, 1.82) is 0 Å². The molecule has 0 saturated carbocycles. The van der Waals surface area contributed by atoms with Crippen LogP contribution in [0.1, 0.15) is 81.3 Å². The van der Waals surface area contributed by atoms with Crippen LogP contribution in [0.3, 0.4) is 0 Å². The van der Waals surface area contributed by atoms with Gasteiger partial charge in [0.1, 0.15) is 0 Å². The van der Waals surface area contributed by atoms with Crippen LogP contribution in [-0.2, 0) is 38.5 Å². The molecule has 0 aliphatic heterocycles. The third-order valence-corrected chi connectivity index (χ3v) is 18.0. The first-order chi connectivity index (χ1) is 23.0. The summed E-state index contributed by atoms with van der Waals surface area (Å²) in [6.07, 6.45) is 9.24. The molecule has 2 aliphatic carbocycles. The SMILES string of the molecule is CC(C)(C)c1ccc2c(c1)-c1cc(C(C)(C)C)c[c]([Zr]([C]3=CC=CC3)=[C](c3ccc4ccccc4c3)c3ccc4ccccc4c3)c1C2. The van der Waals surface area contributed by atoms with Crippen LogP contribution in [-0.4, -0.2) is 3.21 Å². The normalized spacial score (nSPS) is 13.9. The second kappa shape index (κ2) is 11.9. The molecular weight excluding hydrogens is 656 g/mol. The summed E-state index contributed by atoms with van der Waals surface area (Å²) in [7, 11) is 0. The van der Waals surface area contributed by atoms with Crippen molar-refractivity contribution < 1.29 is 21.3 Å². The Hall–Kier alpha value is -3.93. The summed E-state index contributed by atoms with van der Waals surface area (Å²) < 4.78 is 4.90. The zero-order chi connectivity index (χ0) is 33.2. The second-order valence-corrected chi connectivity index (χ2v) is 21.8. The van der Waals surface area contributed by atoms with E-state index in [-0.39, 0.29) is 10.8 Å². The summed E-state index contributed by atoms with van der Waals surface area (Å²) in [4.78, 5) is 0. The minimum atomic E-state index is -2.85. The Labute approximate surface area is 294 Å². The van der Waals surface area contributed by atoms with Crippen molar-refractivity contribution in [2.75, 3.05) is 0 Å². The molecule has 6 aromatic rings. The Morgan fingerprint density at radius 3 is 1.71 bits per heavy atom. The number of hydrogen-bond donors (Lipinski definition) is 0. The fourth-order valence-corrected chi connectivity index (χ4v) is 15.6. The molecule has 0 aromatic heterocycles. The summed E-state index contributed by atoms with van der Waals surface area (Å²) in [5.41, 5.74) is 11.7. The molecule has 0 radical (unpaired) electrons. The fourth-order valence-electron chi connectivity index (χ4n) is 7.64. The van der Waals surface area contributed by atoms with Crippen molar-refractivity contribution in [3.8, 4) is 11.1 Å². The van der Waals surface area contributed by atoms with Crippen molar-refractivity contribution in [3.63, 3.8) is 0 Å². The van der Waals surface area contributed by atoms with E-state index < -0.39 is 21.3 Å². The summed E-state index contributed by atoms with van der Waals surface area (Å²) in [6.45, 7) is 14.2. The van der Waals surface area contributed by atoms with Crippen LogP contribution < -0.4 is 3.27 Å². The number of rotatable bonds is 4. The monoisotopic (exact) mass is 698 g/mol. The standard InChI is InChI=1S/C21H14.C21H25.C5H5.Zr/c1-3-7-20-14-16(9-11-18(20)5-1)13-17-10-12-19-6-2-4-8-21(19)15-17;1-20(2,3)16-9-7-14-11-15-8-10-17(21(4,5)6)13-19(15)18(14)12-16;1-2-4-5-3-1;/h1-12,14-15H;7,9-10,12-13H,11H2,1-6H3;1-3H,4H2;. The molecule has 1 heteroatoms. The van der Waals surface area contributed by atoms with Gasteiger partial charge in [-0.1, -0.05) is 0 Å². The fraction of sp³-hybridized carbons (Fsp3) is 0.213. The predicted octanol–water partition coefficient (Wildman–Crippen LogP) is 11.5. The number of fused-ring (bicyclic) bond motifs is 5. The van der Waals surface area contributed by atoms with Gasteiger partial charge in [0.25, 0.3) is 0 Å². The van der Waals surface area contributed by atoms with Gasteiger partial charge in [-0.05, 0) is 0 Å². The van der Waals surface area contributed by atoms with E-state index in [0.29, 0.717) is 0 Å². The van der Waals surface area contributed by atoms with E-state index in [1.54, 1.807) is 15.3 Å².